The maximum absolute atomic E-state index is 10.4. The lowest BCUT2D eigenvalue weighted by molar-refractivity contribution is 0.175. The van der Waals surface area contributed by atoms with Crippen molar-refractivity contribution in [3.05, 3.63) is 59.3 Å². The molecule has 1 unspecified atom stereocenters. The summed E-state index contributed by atoms with van der Waals surface area (Å²) in [6, 6.07) is 14.2. The number of amides is 2. The molecule has 0 saturated carbocycles. The van der Waals surface area contributed by atoms with Gasteiger partial charge in [0.25, 0.3) is 0 Å². The Hall–Kier alpha value is -3.41. The van der Waals surface area contributed by atoms with Crippen LogP contribution in [0.2, 0.25) is 0 Å². The lowest BCUT2D eigenvalue weighted by Crippen LogP contribution is -2.34. The third-order valence-corrected chi connectivity index (χ3v) is 7.43. The van der Waals surface area contributed by atoms with E-state index < -0.39 is 6.03 Å². The Morgan fingerprint density at radius 3 is 2.75 bits per heavy atom. The van der Waals surface area contributed by atoms with Gasteiger partial charge >= 0.3 is 6.03 Å². The summed E-state index contributed by atoms with van der Waals surface area (Å²) in [5.41, 5.74) is 10.7. The largest absolute Gasteiger partial charge is 0.490 e. The minimum Gasteiger partial charge on any atom is -0.490 e. The summed E-state index contributed by atoms with van der Waals surface area (Å²) in [5.74, 6) is 0.630. The van der Waals surface area contributed by atoms with Gasteiger partial charge in [0.2, 0.25) is 0 Å². The number of nitriles is 1. The number of carbonyl (C=O) groups excluding carboxylic acids is 1. The van der Waals surface area contributed by atoms with Crippen LogP contribution in [0.1, 0.15) is 49.8 Å². The van der Waals surface area contributed by atoms with Crippen LogP contribution in [0.5, 0.6) is 5.75 Å². The van der Waals surface area contributed by atoms with Crippen molar-refractivity contribution >= 4 is 17.4 Å². The number of aliphatic hydroxyl groups is 1. The fourth-order valence-corrected chi connectivity index (χ4v) is 5.56. The van der Waals surface area contributed by atoms with Crippen molar-refractivity contribution in [2.24, 2.45) is 5.73 Å². The predicted molar refractivity (Wildman–Crippen MR) is 142 cm³/mol. The van der Waals surface area contributed by atoms with Crippen molar-refractivity contribution < 1.29 is 14.6 Å². The second-order valence-electron chi connectivity index (χ2n) is 9.40. The standard InChI is InChI=1S/C23H22N2OS.C5H10N2O2/c1-15(2)26-21-11-10-17(12-18(21)13-24)23-25-14-22(27-23)20-9-5-7-16-6-3-4-8-19(16)20;6-5(9)7-2-1-4(8)3-7/h5,7,9-12,14-15H,3-4,6,8H2,1-2H3;4,8H,1-3H2,(H2,6,9). The molecule has 188 valence electrons. The number of rotatable bonds is 4. The summed E-state index contributed by atoms with van der Waals surface area (Å²) in [6.45, 7) is 4.91. The number of aliphatic hydroxyl groups excluding tert-OH is 1. The number of nitrogens with zero attached hydrogens (tertiary/aromatic N) is 3. The Morgan fingerprint density at radius 1 is 1.28 bits per heavy atom. The van der Waals surface area contributed by atoms with E-state index in [1.165, 1.54) is 45.7 Å². The number of hydrogen-bond acceptors (Lipinski definition) is 6. The first-order chi connectivity index (χ1) is 17.4. The van der Waals surface area contributed by atoms with Gasteiger partial charge < -0.3 is 20.5 Å². The van der Waals surface area contributed by atoms with Gasteiger partial charge in [0.05, 0.1) is 22.6 Å². The average molecular weight is 505 g/mol. The summed E-state index contributed by atoms with van der Waals surface area (Å²) >= 11 is 1.69. The molecule has 1 aromatic heterocycles. The fraction of sp³-hybridized carbons (Fsp3) is 0.393. The van der Waals surface area contributed by atoms with Crippen LogP contribution in [0.15, 0.2) is 42.6 Å². The van der Waals surface area contributed by atoms with Crippen molar-refractivity contribution in [3.63, 3.8) is 0 Å². The van der Waals surface area contributed by atoms with Crippen molar-refractivity contribution in [3.8, 4) is 32.8 Å². The Balaban J connectivity index is 0.000000286. The second-order valence-corrected chi connectivity index (χ2v) is 10.4. The molecule has 7 nitrogen and oxygen atoms in total. The number of nitrogens with two attached hydrogens (primary N) is 1. The molecule has 2 aliphatic rings. The van der Waals surface area contributed by atoms with Gasteiger partial charge in [-0.25, -0.2) is 9.78 Å². The molecule has 5 rings (SSSR count). The van der Waals surface area contributed by atoms with Crippen molar-refractivity contribution in [2.45, 2.75) is 58.2 Å². The number of urea groups is 1. The first-order valence-electron chi connectivity index (χ1n) is 12.4. The quantitative estimate of drug-likeness (QED) is 0.510. The number of ether oxygens (including phenoxy) is 1. The van der Waals surface area contributed by atoms with E-state index in [1.54, 1.807) is 11.3 Å². The van der Waals surface area contributed by atoms with Crippen LogP contribution in [0.4, 0.5) is 4.79 Å². The van der Waals surface area contributed by atoms with Gasteiger partial charge in [-0.3, -0.25) is 0 Å². The van der Waals surface area contributed by atoms with Gasteiger partial charge in [-0.2, -0.15) is 5.26 Å². The Kier molecular flexibility index (Phi) is 8.24. The zero-order chi connectivity index (χ0) is 25.7. The summed E-state index contributed by atoms with van der Waals surface area (Å²) in [5, 5.41) is 19.3. The molecule has 3 aromatic rings. The maximum Gasteiger partial charge on any atom is 0.314 e. The van der Waals surface area contributed by atoms with Crippen LogP contribution in [0, 0.1) is 11.3 Å². The number of benzene rings is 2. The molecule has 1 saturated heterocycles. The van der Waals surface area contributed by atoms with E-state index in [0.29, 0.717) is 30.8 Å². The highest BCUT2D eigenvalue weighted by atomic mass is 32.1. The van der Waals surface area contributed by atoms with Crippen molar-refractivity contribution in [1.29, 1.82) is 5.26 Å². The molecule has 0 spiro atoms. The normalized spacial score (nSPS) is 16.6. The molecular formula is C28H32N4O3S. The molecule has 1 atom stereocenters. The number of hydrogen-bond donors (Lipinski definition) is 2. The van der Waals surface area contributed by atoms with Crippen LogP contribution in [0.3, 0.4) is 0 Å². The smallest absolute Gasteiger partial charge is 0.314 e. The summed E-state index contributed by atoms with van der Waals surface area (Å²) in [6.07, 6.45) is 7.18. The van der Waals surface area contributed by atoms with Crippen LogP contribution in [-0.4, -0.2) is 46.3 Å². The van der Waals surface area contributed by atoms with E-state index in [-0.39, 0.29) is 12.2 Å². The Labute approximate surface area is 216 Å². The van der Waals surface area contributed by atoms with Crippen LogP contribution < -0.4 is 10.5 Å². The van der Waals surface area contributed by atoms with Gasteiger partial charge in [0.15, 0.2) is 0 Å². The molecule has 0 radical (unpaired) electrons. The molecule has 0 bridgehead atoms. The summed E-state index contributed by atoms with van der Waals surface area (Å²) < 4.78 is 5.72. The van der Waals surface area contributed by atoms with Crippen LogP contribution >= 0.6 is 11.3 Å². The zero-order valence-corrected chi connectivity index (χ0v) is 21.6. The van der Waals surface area contributed by atoms with E-state index in [9.17, 15) is 10.1 Å². The first-order valence-corrected chi connectivity index (χ1v) is 13.2. The number of thiazole rings is 1. The lowest BCUT2D eigenvalue weighted by Gasteiger charge is -2.18. The number of primary amides is 1. The number of β-amino-alcohol motifs (C(OH)–C–C–N with tert-alkyl or cyclic N) is 1. The number of fused-ring (bicyclic) bond motifs is 1. The van der Waals surface area contributed by atoms with E-state index in [0.717, 1.165) is 17.0 Å². The number of carbonyl (C=O) groups is 1. The van der Waals surface area contributed by atoms with Crippen molar-refractivity contribution in [2.75, 3.05) is 13.1 Å². The third kappa shape index (κ3) is 6.04. The Morgan fingerprint density at radius 2 is 2.08 bits per heavy atom. The highest BCUT2D eigenvalue weighted by molar-refractivity contribution is 7.18. The van der Waals surface area contributed by atoms with Gasteiger partial charge in [-0.15, -0.1) is 11.3 Å². The van der Waals surface area contributed by atoms with Crippen molar-refractivity contribution in [1.82, 2.24) is 9.88 Å². The number of aromatic nitrogens is 1. The fourth-order valence-electron chi connectivity index (χ4n) is 4.59. The van der Waals surface area contributed by atoms with Gasteiger partial charge in [-0.1, -0.05) is 18.2 Å². The van der Waals surface area contributed by atoms with E-state index in [1.807, 2.05) is 38.2 Å². The summed E-state index contributed by atoms with van der Waals surface area (Å²) in [7, 11) is 0. The molecule has 2 heterocycles. The Bertz CT molecular complexity index is 1260. The van der Waals surface area contributed by atoms with Crippen LogP contribution in [-0.2, 0) is 12.8 Å². The molecule has 36 heavy (non-hydrogen) atoms. The molecular weight excluding hydrogens is 472 g/mol. The van der Waals surface area contributed by atoms with E-state index in [4.69, 9.17) is 15.6 Å². The molecule has 8 heteroatoms. The van der Waals surface area contributed by atoms with E-state index >= 15 is 0 Å². The van der Waals surface area contributed by atoms with Gasteiger partial charge in [0, 0.05) is 24.8 Å². The monoisotopic (exact) mass is 504 g/mol. The second kappa shape index (κ2) is 11.5. The third-order valence-electron chi connectivity index (χ3n) is 6.35. The SMILES string of the molecule is CC(C)Oc1ccc(-c2ncc(-c3cccc4c3CCCC4)s2)cc1C#N.NC(=O)N1CCC(O)C1. The molecule has 2 amide bonds. The highest BCUT2D eigenvalue weighted by Crippen LogP contribution is 2.38. The van der Waals surface area contributed by atoms with Gasteiger partial charge in [-0.05, 0) is 80.8 Å². The topological polar surface area (TPSA) is 112 Å². The number of likely N-dealkylation sites (tertiary alicyclic amines) is 1. The number of aryl methyl sites for hydroxylation is 1. The van der Waals surface area contributed by atoms with E-state index in [2.05, 4.69) is 29.3 Å². The highest BCUT2D eigenvalue weighted by Gasteiger charge is 2.22. The summed E-state index contributed by atoms with van der Waals surface area (Å²) in [4.78, 5) is 17.7. The zero-order valence-electron chi connectivity index (χ0n) is 20.7. The first kappa shape index (κ1) is 25.7. The molecule has 2 aromatic carbocycles. The minimum absolute atomic E-state index is 0.0404. The molecule has 1 aliphatic heterocycles. The van der Waals surface area contributed by atoms with Crippen LogP contribution in [0.25, 0.3) is 21.0 Å². The molecule has 1 fully saturated rings. The molecule has 1 aliphatic carbocycles. The minimum atomic E-state index is -0.438. The van der Waals surface area contributed by atoms with Gasteiger partial charge in [0.1, 0.15) is 16.8 Å². The lowest BCUT2D eigenvalue weighted by atomic mass is 9.88. The molecule has 3 N–H and O–H groups in total. The maximum atomic E-state index is 10.4. The predicted octanol–water partition coefficient (Wildman–Crippen LogP) is 5.15. The average Bonchev–Trinajstić information content (AvgIpc) is 3.54.